The van der Waals surface area contributed by atoms with Gasteiger partial charge in [-0.1, -0.05) is 44.5 Å². The van der Waals surface area contributed by atoms with E-state index in [9.17, 15) is 18.7 Å². The Bertz CT molecular complexity index is 1270. The summed E-state index contributed by atoms with van der Waals surface area (Å²) < 4.78 is 27.9. The number of aliphatic hydroxyl groups is 1. The highest BCUT2D eigenvalue weighted by atomic mass is 32.2. The van der Waals surface area contributed by atoms with Crippen molar-refractivity contribution >= 4 is 23.4 Å². The third-order valence-corrected chi connectivity index (χ3v) is 8.25. The van der Waals surface area contributed by atoms with Gasteiger partial charge in [-0.3, -0.25) is 4.79 Å². The minimum atomic E-state index is -0.987. The maximum absolute atomic E-state index is 13.9. The number of hydrogen-bond acceptors (Lipinski definition) is 5. The molecule has 0 aliphatic carbocycles. The van der Waals surface area contributed by atoms with E-state index in [0.717, 1.165) is 60.3 Å². The van der Waals surface area contributed by atoms with Crippen LogP contribution in [0.5, 0.6) is 0 Å². The van der Waals surface area contributed by atoms with Crippen molar-refractivity contribution in [2.75, 3.05) is 30.3 Å². The molecular formula is C32H39F2N3O2S. The van der Waals surface area contributed by atoms with Crippen LogP contribution in [0.1, 0.15) is 53.7 Å². The Labute approximate surface area is 240 Å². The third-order valence-electron chi connectivity index (χ3n) is 7.20. The molecule has 0 saturated heterocycles. The number of nitrogens with one attached hydrogen (secondary N) is 2. The van der Waals surface area contributed by atoms with Gasteiger partial charge in [0.2, 0.25) is 0 Å². The quantitative estimate of drug-likeness (QED) is 0.246. The molecule has 0 radical (unpaired) electrons. The summed E-state index contributed by atoms with van der Waals surface area (Å²) in [6.07, 6.45) is 2.20. The second kappa shape index (κ2) is 14.6. The lowest BCUT2D eigenvalue weighted by molar-refractivity contribution is 0.0830. The summed E-state index contributed by atoms with van der Waals surface area (Å²) in [5.41, 5.74) is 4.24. The normalized spacial score (nSPS) is 14.5. The highest BCUT2D eigenvalue weighted by molar-refractivity contribution is 7.99. The number of carbonyl (C=O) groups excluding carboxylic acids is 1. The SMILES string of the molecule is CCCCN1CCSc2ccc(C(=O)N[C@@H](Cc3cc(F)cc(F)c3)[C@@H](O)CNCc3cccc(CC)c3)cc21. The first-order chi connectivity index (χ1) is 19.4. The Morgan fingerprint density at radius 3 is 2.55 bits per heavy atom. The van der Waals surface area contributed by atoms with E-state index in [1.807, 2.05) is 24.3 Å². The van der Waals surface area contributed by atoms with Crippen molar-refractivity contribution in [1.29, 1.82) is 0 Å². The van der Waals surface area contributed by atoms with Gasteiger partial charge < -0.3 is 20.6 Å². The number of rotatable bonds is 13. The molecule has 40 heavy (non-hydrogen) atoms. The Morgan fingerprint density at radius 1 is 1.02 bits per heavy atom. The zero-order chi connectivity index (χ0) is 28.5. The molecule has 1 heterocycles. The minimum Gasteiger partial charge on any atom is -0.390 e. The van der Waals surface area contributed by atoms with E-state index >= 15 is 0 Å². The number of aryl methyl sites for hydroxylation is 1. The molecule has 3 aromatic carbocycles. The Kier molecular flexibility index (Phi) is 11.0. The maximum atomic E-state index is 13.9. The topological polar surface area (TPSA) is 64.6 Å². The first-order valence-corrected chi connectivity index (χ1v) is 15.1. The molecule has 1 aliphatic rings. The van der Waals surface area contributed by atoms with E-state index in [4.69, 9.17) is 0 Å². The van der Waals surface area contributed by atoms with E-state index in [2.05, 4.69) is 41.5 Å². The van der Waals surface area contributed by atoms with Crippen molar-refractivity contribution in [1.82, 2.24) is 10.6 Å². The van der Waals surface area contributed by atoms with Crippen LogP contribution in [-0.2, 0) is 19.4 Å². The molecule has 0 unspecified atom stereocenters. The predicted molar refractivity (Wildman–Crippen MR) is 159 cm³/mol. The Balaban J connectivity index is 1.49. The molecule has 1 amide bonds. The van der Waals surface area contributed by atoms with Gasteiger partial charge in [-0.05, 0) is 66.3 Å². The number of anilines is 1. The van der Waals surface area contributed by atoms with Gasteiger partial charge in [-0.25, -0.2) is 8.78 Å². The summed E-state index contributed by atoms with van der Waals surface area (Å²) in [4.78, 5) is 16.9. The fraction of sp³-hybridized carbons (Fsp3) is 0.406. The molecule has 3 N–H and O–H groups in total. The molecule has 5 nitrogen and oxygen atoms in total. The molecule has 0 saturated carbocycles. The van der Waals surface area contributed by atoms with Crippen molar-refractivity contribution in [2.24, 2.45) is 0 Å². The van der Waals surface area contributed by atoms with Crippen LogP contribution in [0, 0.1) is 11.6 Å². The maximum Gasteiger partial charge on any atom is 0.251 e. The van der Waals surface area contributed by atoms with E-state index in [-0.39, 0.29) is 18.9 Å². The lowest BCUT2D eigenvalue weighted by Crippen LogP contribution is -2.48. The first-order valence-electron chi connectivity index (χ1n) is 14.1. The number of fused-ring (bicyclic) bond motifs is 1. The Hall–Kier alpha value is -2.94. The molecule has 0 spiro atoms. The number of amides is 1. The molecule has 0 bridgehead atoms. The van der Waals surface area contributed by atoms with Gasteiger partial charge in [0.05, 0.1) is 17.8 Å². The largest absolute Gasteiger partial charge is 0.390 e. The molecule has 3 aromatic rings. The number of aliphatic hydroxyl groups excluding tert-OH is 1. The highest BCUT2D eigenvalue weighted by Gasteiger charge is 2.25. The summed E-state index contributed by atoms with van der Waals surface area (Å²) in [5, 5.41) is 17.4. The van der Waals surface area contributed by atoms with E-state index in [0.29, 0.717) is 17.7 Å². The number of halogens is 2. The number of benzene rings is 3. The van der Waals surface area contributed by atoms with Gasteiger partial charge in [0.15, 0.2) is 0 Å². The summed E-state index contributed by atoms with van der Waals surface area (Å²) >= 11 is 1.79. The van der Waals surface area contributed by atoms with Gasteiger partial charge in [0, 0.05) is 48.5 Å². The lowest BCUT2D eigenvalue weighted by Gasteiger charge is -2.31. The average molecular weight is 568 g/mol. The van der Waals surface area contributed by atoms with Crippen LogP contribution in [-0.4, -0.2) is 48.5 Å². The van der Waals surface area contributed by atoms with Crippen LogP contribution >= 0.6 is 11.8 Å². The first kappa shape index (κ1) is 30.0. The molecular weight excluding hydrogens is 528 g/mol. The molecule has 2 atom stereocenters. The Morgan fingerprint density at radius 2 is 1.80 bits per heavy atom. The van der Waals surface area contributed by atoms with Crippen LogP contribution < -0.4 is 15.5 Å². The number of nitrogens with zero attached hydrogens (tertiary/aromatic N) is 1. The van der Waals surface area contributed by atoms with Crippen LogP contribution in [0.15, 0.2) is 65.6 Å². The summed E-state index contributed by atoms with van der Waals surface area (Å²) in [6, 6.07) is 16.4. The van der Waals surface area contributed by atoms with Crippen molar-refractivity contribution in [3.63, 3.8) is 0 Å². The highest BCUT2D eigenvalue weighted by Crippen LogP contribution is 2.35. The zero-order valence-corrected chi connectivity index (χ0v) is 24.1. The second-order valence-corrected chi connectivity index (χ2v) is 11.4. The van der Waals surface area contributed by atoms with Crippen LogP contribution in [0.2, 0.25) is 0 Å². The summed E-state index contributed by atoms with van der Waals surface area (Å²) in [7, 11) is 0. The van der Waals surface area contributed by atoms with Crippen LogP contribution in [0.4, 0.5) is 14.5 Å². The van der Waals surface area contributed by atoms with Gasteiger partial charge in [-0.2, -0.15) is 0 Å². The van der Waals surface area contributed by atoms with Crippen LogP contribution in [0.25, 0.3) is 0 Å². The third kappa shape index (κ3) is 8.29. The predicted octanol–water partition coefficient (Wildman–Crippen LogP) is 5.73. The molecule has 0 aromatic heterocycles. The number of thioether (sulfide) groups is 1. The van der Waals surface area contributed by atoms with Gasteiger partial charge >= 0.3 is 0 Å². The number of unbranched alkanes of at least 4 members (excludes halogenated alkanes) is 1. The molecule has 0 fully saturated rings. The number of hydrogen-bond donors (Lipinski definition) is 3. The molecule has 1 aliphatic heterocycles. The summed E-state index contributed by atoms with van der Waals surface area (Å²) in [6.45, 7) is 6.89. The fourth-order valence-electron chi connectivity index (χ4n) is 4.98. The standard InChI is InChI=1S/C32H39F2N3O2S/c1-3-5-11-37-12-13-40-31-10-9-25(18-29(31)37)32(39)36-28(17-24-15-26(33)19-27(34)16-24)30(38)21-35-20-23-8-6-7-22(4-2)14-23/h6-10,14-16,18-19,28,30,35,38H,3-5,11-13,17,20-21H2,1-2H3,(H,36,39)/t28-,30-/m0/s1. The lowest BCUT2D eigenvalue weighted by atomic mass is 10.00. The monoisotopic (exact) mass is 567 g/mol. The zero-order valence-electron chi connectivity index (χ0n) is 23.3. The molecule has 8 heteroatoms. The van der Waals surface area contributed by atoms with Crippen LogP contribution in [0.3, 0.4) is 0 Å². The van der Waals surface area contributed by atoms with Gasteiger partial charge in [0.1, 0.15) is 11.6 Å². The molecule has 4 rings (SSSR count). The van der Waals surface area contributed by atoms with E-state index in [1.165, 1.54) is 17.7 Å². The van der Waals surface area contributed by atoms with Crippen molar-refractivity contribution in [3.05, 3.63) is 94.6 Å². The van der Waals surface area contributed by atoms with Crippen molar-refractivity contribution in [3.8, 4) is 0 Å². The minimum absolute atomic E-state index is 0.0814. The number of carbonyl (C=O) groups is 1. The molecule has 214 valence electrons. The van der Waals surface area contributed by atoms with Crippen molar-refractivity contribution < 1.29 is 18.7 Å². The van der Waals surface area contributed by atoms with Crippen molar-refractivity contribution in [2.45, 2.75) is 63.1 Å². The van der Waals surface area contributed by atoms with Gasteiger partial charge in [0.25, 0.3) is 5.91 Å². The van der Waals surface area contributed by atoms with E-state index in [1.54, 1.807) is 17.8 Å². The fourth-order valence-corrected chi connectivity index (χ4v) is 6.01. The van der Waals surface area contributed by atoms with Gasteiger partial charge in [-0.15, -0.1) is 11.8 Å². The van der Waals surface area contributed by atoms with E-state index < -0.39 is 23.8 Å². The second-order valence-electron chi connectivity index (χ2n) is 10.3. The summed E-state index contributed by atoms with van der Waals surface area (Å²) in [5.74, 6) is -0.702. The smallest absolute Gasteiger partial charge is 0.251 e. The average Bonchev–Trinajstić information content (AvgIpc) is 2.95.